The summed E-state index contributed by atoms with van der Waals surface area (Å²) < 4.78 is 0. The van der Waals surface area contributed by atoms with Crippen LogP contribution in [0.3, 0.4) is 0 Å². The molecule has 0 saturated carbocycles. The Kier molecular flexibility index (Phi) is 6.89. The fourth-order valence-electron chi connectivity index (χ4n) is 4.47. The van der Waals surface area contributed by atoms with E-state index in [-0.39, 0.29) is 45.2 Å². The lowest BCUT2D eigenvalue weighted by Gasteiger charge is -2.35. The van der Waals surface area contributed by atoms with Crippen LogP contribution < -0.4 is 4.90 Å². The third kappa shape index (κ3) is 3.92. The van der Waals surface area contributed by atoms with E-state index in [1.54, 1.807) is 24.3 Å². The smallest absolute Gasteiger partial charge is 0.335 e. The number of hydrogen-bond acceptors (Lipinski definition) is 4. The number of aliphatic hydroxyl groups is 1. The Labute approximate surface area is 196 Å². The number of nitrogens with zero attached hydrogens (tertiary/aromatic N) is 2. The van der Waals surface area contributed by atoms with Gasteiger partial charge in [-0.05, 0) is 44.6 Å². The maximum Gasteiger partial charge on any atom is 0.335 e. The van der Waals surface area contributed by atoms with Crippen LogP contribution in [0, 0.1) is 0 Å². The van der Waals surface area contributed by atoms with Crippen LogP contribution >= 0.6 is 35.6 Å². The Hall–Kier alpha value is -1.83. The normalized spacial score (nSPS) is 23.4. The van der Waals surface area contributed by atoms with Crippen molar-refractivity contribution in [1.29, 1.82) is 0 Å². The van der Waals surface area contributed by atoms with Crippen molar-refractivity contribution in [3.8, 4) is 0 Å². The standard InChI is InChI=1S/C22H22Cl2N2O4.ClH/c1-25-9-5-4-6-14(25)12-26-18-11-13(20(27)28)10-17(24)19(18)22(30,21(26)29)15-7-2-3-8-16(15)23;/h2-3,7-8,10-11,14,30H,4-6,9,12H2,1H3,(H,27,28);1H. The van der Waals surface area contributed by atoms with Gasteiger partial charge in [0.25, 0.3) is 5.91 Å². The third-order valence-electron chi connectivity index (χ3n) is 6.10. The Balaban J connectivity index is 0.00000272. The van der Waals surface area contributed by atoms with Gasteiger partial charge in [0, 0.05) is 28.7 Å². The number of halogens is 3. The van der Waals surface area contributed by atoms with Crippen molar-refractivity contribution in [3.05, 3.63) is 63.1 Å². The molecule has 2 N–H and O–H groups in total. The average molecular weight is 486 g/mol. The van der Waals surface area contributed by atoms with Crippen LogP contribution in [0.15, 0.2) is 36.4 Å². The summed E-state index contributed by atoms with van der Waals surface area (Å²) in [6.45, 7) is 1.25. The summed E-state index contributed by atoms with van der Waals surface area (Å²) in [5.74, 6) is -1.73. The van der Waals surface area contributed by atoms with Crippen molar-refractivity contribution < 1.29 is 19.8 Å². The highest BCUT2D eigenvalue weighted by Gasteiger charge is 2.54. The predicted molar refractivity (Wildman–Crippen MR) is 123 cm³/mol. The lowest BCUT2D eigenvalue weighted by molar-refractivity contribution is -0.132. The minimum atomic E-state index is -2.09. The Bertz CT molecular complexity index is 1030. The van der Waals surface area contributed by atoms with Gasteiger partial charge in [0.1, 0.15) is 0 Å². The van der Waals surface area contributed by atoms with Crippen LogP contribution in [-0.4, -0.2) is 53.2 Å². The molecule has 0 aliphatic carbocycles. The fourth-order valence-corrected chi connectivity index (χ4v) is 5.09. The largest absolute Gasteiger partial charge is 0.478 e. The molecule has 2 aliphatic rings. The molecule has 1 amide bonds. The summed E-state index contributed by atoms with van der Waals surface area (Å²) in [6.07, 6.45) is 3.05. The van der Waals surface area contributed by atoms with Crippen LogP contribution in [0.4, 0.5) is 5.69 Å². The second-order valence-electron chi connectivity index (χ2n) is 7.89. The summed E-state index contributed by atoms with van der Waals surface area (Å²) >= 11 is 12.8. The second kappa shape index (κ2) is 8.96. The molecule has 1 fully saturated rings. The number of piperidine rings is 1. The molecule has 2 aromatic carbocycles. The van der Waals surface area contributed by atoms with Gasteiger partial charge in [-0.15, -0.1) is 12.4 Å². The number of hydrogen-bond donors (Lipinski definition) is 2. The number of carboxylic acid groups (broad SMARTS) is 1. The molecule has 6 nitrogen and oxygen atoms in total. The van der Waals surface area contributed by atoms with Crippen molar-refractivity contribution in [2.45, 2.75) is 30.9 Å². The highest BCUT2D eigenvalue weighted by atomic mass is 35.5. The fraction of sp³-hybridized carbons (Fsp3) is 0.364. The van der Waals surface area contributed by atoms with Crippen molar-refractivity contribution in [2.24, 2.45) is 0 Å². The summed E-state index contributed by atoms with van der Waals surface area (Å²) in [5.41, 5.74) is -1.42. The molecule has 4 rings (SSSR count). The number of carbonyl (C=O) groups is 2. The van der Waals surface area contributed by atoms with Crippen LogP contribution in [0.25, 0.3) is 0 Å². The number of amides is 1. The SMILES string of the molecule is CN1CCCCC1CN1C(=O)C(O)(c2ccccc2Cl)c2c(Cl)cc(C(=O)O)cc21.Cl. The third-order valence-corrected chi connectivity index (χ3v) is 6.73. The van der Waals surface area contributed by atoms with E-state index in [0.717, 1.165) is 25.8 Å². The quantitative estimate of drug-likeness (QED) is 0.679. The average Bonchev–Trinajstić information content (AvgIpc) is 2.92. The molecule has 166 valence electrons. The van der Waals surface area contributed by atoms with Gasteiger partial charge in [-0.2, -0.15) is 0 Å². The van der Waals surface area contributed by atoms with Crippen LogP contribution in [0.1, 0.15) is 40.7 Å². The van der Waals surface area contributed by atoms with Crippen molar-refractivity contribution in [1.82, 2.24) is 4.90 Å². The first-order valence-electron chi connectivity index (χ1n) is 9.82. The number of aromatic carboxylic acids is 1. The lowest BCUT2D eigenvalue weighted by Crippen LogP contribution is -2.49. The summed E-state index contributed by atoms with van der Waals surface area (Å²) in [6, 6.07) is 9.33. The number of likely N-dealkylation sites (tertiary alicyclic amines) is 1. The Morgan fingerprint density at radius 3 is 2.55 bits per heavy atom. The Morgan fingerprint density at radius 1 is 1.19 bits per heavy atom. The number of fused-ring (bicyclic) bond motifs is 1. The van der Waals surface area contributed by atoms with Crippen molar-refractivity contribution >= 4 is 53.2 Å². The van der Waals surface area contributed by atoms with E-state index < -0.39 is 17.5 Å². The van der Waals surface area contributed by atoms with Gasteiger partial charge < -0.3 is 20.0 Å². The van der Waals surface area contributed by atoms with E-state index in [1.165, 1.54) is 17.0 Å². The molecule has 0 bridgehead atoms. The molecule has 0 radical (unpaired) electrons. The van der Waals surface area contributed by atoms with Gasteiger partial charge in [-0.3, -0.25) is 4.79 Å². The van der Waals surface area contributed by atoms with Crippen LogP contribution in [0.5, 0.6) is 0 Å². The topological polar surface area (TPSA) is 81.1 Å². The number of likely N-dealkylation sites (N-methyl/N-ethyl adjacent to an activating group) is 1. The second-order valence-corrected chi connectivity index (χ2v) is 8.71. The van der Waals surface area contributed by atoms with Gasteiger partial charge in [0.05, 0.1) is 16.3 Å². The van der Waals surface area contributed by atoms with Crippen LogP contribution in [-0.2, 0) is 10.4 Å². The molecule has 2 atom stereocenters. The number of rotatable bonds is 4. The first-order valence-corrected chi connectivity index (χ1v) is 10.6. The minimum absolute atomic E-state index is 0. The maximum absolute atomic E-state index is 13.6. The number of carboxylic acids is 1. The highest BCUT2D eigenvalue weighted by molar-refractivity contribution is 6.35. The van der Waals surface area contributed by atoms with E-state index >= 15 is 0 Å². The molecule has 0 spiro atoms. The van der Waals surface area contributed by atoms with E-state index in [4.69, 9.17) is 23.2 Å². The molecule has 2 heterocycles. The Morgan fingerprint density at radius 2 is 1.90 bits per heavy atom. The first kappa shape index (κ1) is 23.8. The van der Waals surface area contributed by atoms with E-state index in [0.29, 0.717) is 12.2 Å². The summed E-state index contributed by atoms with van der Waals surface area (Å²) in [5, 5.41) is 21.5. The zero-order valence-corrected chi connectivity index (χ0v) is 19.2. The maximum atomic E-state index is 13.6. The minimum Gasteiger partial charge on any atom is -0.478 e. The molecule has 2 aromatic rings. The van der Waals surface area contributed by atoms with E-state index in [2.05, 4.69) is 4.90 Å². The lowest BCUT2D eigenvalue weighted by atomic mass is 9.87. The molecular formula is C22H23Cl3N2O4. The molecule has 2 aliphatic heterocycles. The van der Waals surface area contributed by atoms with Gasteiger partial charge in [-0.1, -0.05) is 47.8 Å². The zero-order chi connectivity index (χ0) is 21.6. The first-order chi connectivity index (χ1) is 14.2. The molecule has 0 aromatic heterocycles. The predicted octanol–water partition coefficient (Wildman–Crippen LogP) is 4.18. The van der Waals surface area contributed by atoms with Crippen molar-refractivity contribution in [3.63, 3.8) is 0 Å². The van der Waals surface area contributed by atoms with Crippen LogP contribution in [0.2, 0.25) is 10.0 Å². The molecule has 2 unspecified atom stereocenters. The summed E-state index contributed by atoms with van der Waals surface area (Å²) in [7, 11) is 2.01. The number of carbonyl (C=O) groups excluding carboxylic acids is 1. The highest BCUT2D eigenvalue weighted by Crippen LogP contribution is 2.50. The number of anilines is 1. The molecule has 31 heavy (non-hydrogen) atoms. The molecule has 9 heteroatoms. The van der Waals surface area contributed by atoms with E-state index in [1.807, 2.05) is 7.05 Å². The molecule has 1 saturated heterocycles. The molecular weight excluding hydrogens is 463 g/mol. The zero-order valence-electron chi connectivity index (χ0n) is 16.8. The van der Waals surface area contributed by atoms with Gasteiger partial charge in [0.2, 0.25) is 0 Å². The monoisotopic (exact) mass is 484 g/mol. The van der Waals surface area contributed by atoms with Gasteiger partial charge in [-0.25, -0.2) is 4.79 Å². The summed E-state index contributed by atoms with van der Waals surface area (Å²) in [4.78, 5) is 28.9. The van der Waals surface area contributed by atoms with Gasteiger partial charge in [0.15, 0.2) is 5.60 Å². The van der Waals surface area contributed by atoms with Gasteiger partial charge >= 0.3 is 5.97 Å². The number of benzene rings is 2. The van der Waals surface area contributed by atoms with Crippen molar-refractivity contribution in [2.75, 3.05) is 25.0 Å². The van der Waals surface area contributed by atoms with E-state index in [9.17, 15) is 19.8 Å².